The third-order valence-electron chi connectivity index (χ3n) is 5.49. The highest BCUT2D eigenvalue weighted by Gasteiger charge is 2.28. The Morgan fingerprint density at radius 3 is 2.65 bits per heavy atom. The fraction of sp³-hybridized carbons (Fsp3) is 0.174. The number of nitrogens with zero attached hydrogens (tertiary/aromatic N) is 3. The average Bonchev–Trinajstić information content (AvgIpc) is 3.15. The maximum atomic E-state index is 14.0. The third-order valence-corrected chi connectivity index (χ3v) is 6.61. The highest BCUT2D eigenvalue weighted by atomic mass is 32.1. The molecule has 0 aliphatic carbocycles. The van der Waals surface area contributed by atoms with E-state index in [4.69, 9.17) is 0 Å². The van der Waals surface area contributed by atoms with Crippen molar-refractivity contribution >= 4 is 27.5 Å². The normalized spacial score (nSPS) is 13.4. The van der Waals surface area contributed by atoms with Crippen LogP contribution in [0.5, 0.6) is 0 Å². The number of carbonyl (C=O) groups excluding carboxylic acids is 1. The molecule has 4 aromatic rings. The molecule has 0 atom stereocenters. The van der Waals surface area contributed by atoms with E-state index in [0.717, 1.165) is 16.0 Å². The van der Waals surface area contributed by atoms with Gasteiger partial charge in [0.05, 0.1) is 30.4 Å². The van der Waals surface area contributed by atoms with Gasteiger partial charge in [-0.2, -0.15) is 0 Å². The average molecular weight is 437 g/mol. The van der Waals surface area contributed by atoms with Gasteiger partial charge in [-0.05, 0) is 41.8 Å². The Bertz CT molecular complexity index is 1360. The Hall–Kier alpha value is -3.39. The van der Waals surface area contributed by atoms with E-state index in [0.29, 0.717) is 36.3 Å². The van der Waals surface area contributed by atoms with Crippen LogP contribution in [-0.4, -0.2) is 26.9 Å². The number of halogens is 2. The van der Waals surface area contributed by atoms with Crippen molar-refractivity contribution < 1.29 is 13.6 Å². The van der Waals surface area contributed by atoms with E-state index in [1.807, 2.05) is 0 Å². The van der Waals surface area contributed by atoms with Gasteiger partial charge in [-0.3, -0.25) is 14.2 Å². The minimum Gasteiger partial charge on any atom is -0.333 e. The minimum atomic E-state index is -0.542. The van der Waals surface area contributed by atoms with Gasteiger partial charge in [0.2, 0.25) is 0 Å². The summed E-state index contributed by atoms with van der Waals surface area (Å²) >= 11 is 1.39. The zero-order valence-corrected chi connectivity index (χ0v) is 17.2. The number of rotatable bonds is 3. The number of thiophene rings is 1. The summed E-state index contributed by atoms with van der Waals surface area (Å²) in [6.07, 6.45) is 2.01. The van der Waals surface area contributed by atoms with Gasteiger partial charge >= 0.3 is 0 Å². The molecule has 0 fully saturated rings. The van der Waals surface area contributed by atoms with Gasteiger partial charge in [-0.1, -0.05) is 24.3 Å². The predicted octanol–water partition coefficient (Wildman–Crippen LogP) is 3.98. The first kappa shape index (κ1) is 19.6. The zero-order chi connectivity index (χ0) is 21.5. The van der Waals surface area contributed by atoms with Gasteiger partial charge in [-0.25, -0.2) is 13.8 Å². The molecule has 3 heterocycles. The summed E-state index contributed by atoms with van der Waals surface area (Å²) in [6, 6.07) is 11.9. The SMILES string of the molecule is O=C(c1ccccc1F)N1CCc2c(sc3ncn(Cc4ccc(F)cc4)c(=O)c23)C1. The lowest BCUT2D eigenvalue weighted by Gasteiger charge is -2.27. The van der Waals surface area contributed by atoms with E-state index in [2.05, 4.69) is 4.98 Å². The number of benzene rings is 2. The number of aromatic nitrogens is 2. The molecule has 0 spiro atoms. The number of fused-ring (bicyclic) bond motifs is 3. The number of amides is 1. The molecule has 2 aromatic carbocycles. The molecular formula is C23H17F2N3O2S. The maximum absolute atomic E-state index is 14.0. The largest absolute Gasteiger partial charge is 0.333 e. The summed E-state index contributed by atoms with van der Waals surface area (Å²) in [5, 5.41) is 0.572. The highest BCUT2D eigenvalue weighted by Crippen LogP contribution is 2.33. The molecule has 31 heavy (non-hydrogen) atoms. The summed E-state index contributed by atoms with van der Waals surface area (Å²) in [7, 11) is 0. The van der Waals surface area contributed by atoms with Gasteiger partial charge < -0.3 is 4.90 Å². The van der Waals surface area contributed by atoms with Crippen molar-refractivity contribution in [3.63, 3.8) is 0 Å². The third kappa shape index (κ3) is 3.53. The summed E-state index contributed by atoms with van der Waals surface area (Å²) in [4.78, 5) is 33.5. The maximum Gasteiger partial charge on any atom is 0.262 e. The lowest BCUT2D eigenvalue weighted by Crippen LogP contribution is -2.36. The monoisotopic (exact) mass is 437 g/mol. The second-order valence-corrected chi connectivity index (χ2v) is 8.53. The highest BCUT2D eigenvalue weighted by molar-refractivity contribution is 7.18. The molecule has 5 nitrogen and oxygen atoms in total. The van der Waals surface area contributed by atoms with Crippen molar-refractivity contribution in [2.24, 2.45) is 0 Å². The number of hydrogen-bond donors (Lipinski definition) is 0. The van der Waals surface area contributed by atoms with Crippen molar-refractivity contribution in [3.8, 4) is 0 Å². The van der Waals surface area contributed by atoms with Gasteiger partial charge in [0.25, 0.3) is 11.5 Å². The molecule has 0 N–H and O–H groups in total. The zero-order valence-electron chi connectivity index (χ0n) is 16.3. The fourth-order valence-electron chi connectivity index (χ4n) is 3.90. The van der Waals surface area contributed by atoms with E-state index in [-0.39, 0.29) is 22.8 Å². The molecule has 8 heteroatoms. The van der Waals surface area contributed by atoms with Gasteiger partial charge in [0.1, 0.15) is 16.5 Å². The van der Waals surface area contributed by atoms with Crippen molar-refractivity contribution in [2.45, 2.75) is 19.5 Å². The van der Waals surface area contributed by atoms with E-state index in [1.165, 1.54) is 46.5 Å². The van der Waals surface area contributed by atoms with Crippen LogP contribution in [0.1, 0.15) is 26.4 Å². The van der Waals surface area contributed by atoms with E-state index < -0.39 is 5.82 Å². The van der Waals surface area contributed by atoms with Crippen LogP contribution in [0.2, 0.25) is 0 Å². The molecule has 0 saturated carbocycles. The van der Waals surface area contributed by atoms with Crippen molar-refractivity contribution in [1.29, 1.82) is 0 Å². The first-order chi connectivity index (χ1) is 15.0. The summed E-state index contributed by atoms with van der Waals surface area (Å²) in [5.74, 6) is -1.23. The molecule has 0 bridgehead atoms. The topological polar surface area (TPSA) is 55.2 Å². The van der Waals surface area contributed by atoms with Gasteiger partial charge in [-0.15, -0.1) is 11.3 Å². The number of hydrogen-bond acceptors (Lipinski definition) is 4. The second-order valence-electron chi connectivity index (χ2n) is 7.44. The van der Waals surface area contributed by atoms with Gasteiger partial charge in [0.15, 0.2) is 0 Å². The second kappa shape index (κ2) is 7.70. The van der Waals surface area contributed by atoms with E-state index >= 15 is 0 Å². The Morgan fingerprint density at radius 2 is 1.87 bits per heavy atom. The lowest BCUT2D eigenvalue weighted by atomic mass is 10.0. The molecule has 156 valence electrons. The van der Waals surface area contributed by atoms with Crippen LogP contribution in [0, 0.1) is 11.6 Å². The molecule has 1 aliphatic rings. The number of carbonyl (C=O) groups is 1. The van der Waals surface area contributed by atoms with Crippen LogP contribution in [0.25, 0.3) is 10.2 Å². The fourth-order valence-corrected chi connectivity index (χ4v) is 5.09. The van der Waals surface area contributed by atoms with Crippen molar-refractivity contribution in [2.75, 3.05) is 6.54 Å². The first-order valence-electron chi connectivity index (χ1n) is 9.79. The molecule has 0 saturated heterocycles. The Morgan fingerprint density at radius 1 is 1.10 bits per heavy atom. The Balaban J connectivity index is 1.46. The van der Waals surface area contributed by atoms with Crippen LogP contribution in [0.4, 0.5) is 8.78 Å². The molecule has 0 radical (unpaired) electrons. The summed E-state index contributed by atoms with van der Waals surface area (Å²) < 4.78 is 28.7. The predicted molar refractivity (Wildman–Crippen MR) is 114 cm³/mol. The molecule has 1 amide bonds. The van der Waals surface area contributed by atoms with Crippen molar-refractivity contribution in [1.82, 2.24) is 14.5 Å². The minimum absolute atomic E-state index is 0.0480. The molecular weight excluding hydrogens is 420 g/mol. The van der Waals surface area contributed by atoms with Crippen LogP contribution in [0.15, 0.2) is 59.7 Å². The smallest absolute Gasteiger partial charge is 0.262 e. The van der Waals surface area contributed by atoms with Crippen LogP contribution in [-0.2, 0) is 19.5 Å². The van der Waals surface area contributed by atoms with Crippen LogP contribution < -0.4 is 5.56 Å². The molecule has 5 rings (SSSR count). The molecule has 0 unspecified atom stereocenters. The molecule has 2 aromatic heterocycles. The van der Waals surface area contributed by atoms with E-state index in [1.54, 1.807) is 29.2 Å². The van der Waals surface area contributed by atoms with Crippen LogP contribution in [0.3, 0.4) is 0 Å². The molecule has 1 aliphatic heterocycles. The summed E-state index contributed by atoms with van der Waals surface area (Å²) in [6.45, 7) is 1.02. The Labute approximate surface area is 180 Å². The first-order valence-corrected chi connectivity index (χ1v) is 10.6. The lowest BCUT2D eigenvalue weighted by molar-refractivity contribution is 0.0732. The van der Waals surface area contributed by atoms with E-state index in [9.17, 15) is 18.4 Å². The quantitative estimate of drug-likeness (QED) is 0.487. The van der Waals surface area contributed by atoms with Gasteiger partial charge in [0, 0.05) is 11.4 Å². The standard InChI is InChI=1S/C23H17F2N3O2S/c24-15-7-5-14(6-8-15)11-28-13-26-21-20(23(28)30)17-9-10-27(12-19(17)31-21)22(29)16-3-1-2-4-18(16)25/h1-8,13H,9-12H2. The Kier molecular flexibility index (Phi) is 4.86. The summed E-state index contributed by atoms with van der Waals surface area (Å²) in [5.41, 5.74) is 1.60. The van der Waals surface area contributed by atoms with Crippen molar-refractivity contribution in [3.05, 3.63) is 98.4 Å². The van der Waals surface area contributed by atoms with Crippen LogP contribution >= 0.6 is 11.3 Å².